The Balaban J connectivity index is 0.674. The molecule has 0 bridgehead atoms. The van der Waals surface area contributed by atoms with Crippen molar-refractivity contribution in [2.75, 3.05) is 61.7 Å². The normalized spacial score (nSPS) is 29.1. The summed E-state index contributed by atoms with van der Waals surface area (Å²) >= 11 is 0. The van der Waals surface area contributed by atoms with E-state index in [0.29, 0.717) is 0 Å². The summed E-state index contributed by atoms with van der Waals surface area (Å²) in [5.41, 5.74) is 30.1. The average Bonchev–Trinajstić information content (AvgIpc) is 1.64. The number of nitrogens with two attached hydrogens (primary N) is 5. The molecule has 0 saturated carbocycles. The van der Waals surface area contributed by atoms with Crippen LogP contribution in [0.1, 0.15) is 63.2 Å². The van der Waals surface area contributed by atoms with Gasteiger partial charge < -0.3 is 86.8 Å². The molecule has 5 aliphatic rings. The third-order valence-electron chi connectivity index (χ3n) is 17.0. The topological polar surface area (TPSA) is 696 Å². The number of phosphoric ester groups is 5. The van der Waals surface area contributed by atoms with Gasteiger partial charge in [-0.25, -0.2) is 87.4 Å². The number of nitrogens with zero attached hydrogens (tertiary/aromatic N) is 18. The molecule has 14 heterocycles. The minimum atomic E-state index is -5.49. The quantitative estimate of drug-likeness (QED) is 0.0273. The number of ether oxygens (including phenoxy) is 5. The van der Waals surface area contributed by atoms with Crippen LogP contribution in [0.2, 0.25) is 0 Å². The number of nitrogen functional groups attached to an aromatic ring is 5. The molecular weight excluding hydrogens is 1500 g/mol. The van der Waals surface area contributed by atoms with Crippen molar-refractivity contribution < 1.29 is 122 Å². The predicted octanol–water partition coefficient (Wildman–Crippen LogP) is -0.570. The van der Waals surface area contributed by atoms with Gasteiger partial charge in [0.15, 0.2) is 45.9 Å². The number of aromatic nitrogens is 18. The van der Waals surface area contributed by atoms with E-state index < -0.39 is 183 Å². The largest absolute Gasteiger partial charge is 0.472 e. The van der Waals surface area contributed by atoms with Crippen LogP contribution in [0, 0.1) is 0 Å². The zero-order valence-corrected chi connectivity index (χ0v) is 57.4. The molecule has 0 spiro atoms. The fourth-order valence-electron chi connectivity index (χ4n) is 12.3. The fourth-order valence-corrected chi connectivity index (χ4v) is 16.7. The zero-order chi connectivity index (χ0) is 73.4. The lowest BCUT2D eigenvalue weighted by Gasteiger charge is -2.26. The molecule has 5 aliphatic heterocycles. The van der Waals surface area contributed by atoms with Crippen LogP contribution in [0.25, 0.3) is 44.7 Å². The maximum atomic E-state index is 14.4. The summed E-state index contributed by atoms with van der Waals surface area (Å²) in [6.45, 7) is -4.50. The number of hydrogen-bond acceptors (Lipinski definition) is 39. The third kappa shape index (κ3) is 15.8. The van der Waals surface area contributed by atoms with Crippen LogP contribution < -0.4 is 34.4 Å². The first-order valence-electron chi connectivity index (χ1n) is 30.8. The van der Waals surface area contributed by atoms with Gasteiger partial charge in [-0.2, -0.15) is 4.98 Å². The van der Waals surface area contributed by atoms with Crippen LogP contribution in [-0.2, 0) is 87.2 Å². The van der Waals surface area contributed by atoms with E-state index in [1.807, 2.05) is 0 Å². The Hall–Kier alpha value is -7.61. The average molecular weight is 1560 g/mol. The van der Waals surface area contributed by atoms with Gasteiger partial charge in [-0.05, 0) is 6.07 Å². The first-order chi connectivity index (χ1) is 49.4. The van der Waals surface area contributed by atoms with E-state index in [0.717, 1.165) is 23.5 Å². The van der Waals surface area contributed by atoms with Gasteiger partial charge in [0.2, 0.25) is 0 Å². The van der Waals surface area contributed by atoms with Gasteiger partial charge in [0.25, 0.3) is 0 Å². The van der Waals surface area contributed by atoms with Gasteiger partial charge in [0.1, 0.15) is 145 Å². The van der Waals surface area contributed by atoms with Crippen molar-refractivity contribution in [2.45, 2.75) is 124 Å². The summed E-state index contributed by atoms with van der Waals surface area (Å²) in [6, 6.07) is 1.24. The Morgan fingerprint density at radius 2 is 0.663 bits per heavy atom. The highest BCUT2D eigenvalue weighted by Crippen LogP contribution is 2.56. The van der Waals surface area contributed by atoms with Crippen molar-refractivity contribution >= 4 is 113 Å². The number of anilines is 5. The van der Waals surface area contributed by atoms with Gasteiger partial charge in [0.05, 0.1) is 58.3 Å². The minimum Gasteiger partial charge on any atom is -0.394 e. The van der Waals surface area contributed by atoms with E-state index in [2.05, 4.69) is 64.8 Å². The van der Waals surface area contributed by atoms with E-state index >= 15 is 0 Å². The Bertz CT molecular complexity index is 5000. The first kappa shape index (κ1) is 73.3. The lowest BCUT2D eigenvalue weighted by molar-refractivity contribution is -0.0633. The standard InChI is InChI=1S/C49H62N23O27P5/c50-31-1-2-68(49(74)67-31)32-4-22(95-100(75,76)77)27(91-32)9-86-102(80,81)97-24-6-35(71-19-65-39-43(53)57-15-61-47(39)71)93-29(24)11-88-104(84,85)99-25-7-36(72-20-66-40-44(54)58-16-62-48(40)72)94-30(25)12-89-103(82,83)98-23-5-34(70-18-64-38-42(52)56-14-60-46(38)70)92-28(23)10-87-101(78,79)96-21-3-33(90-26(21)8-73)69-17-63-37-41(51)55-13-59-45(37)69/h1-2,13-30,32-36,73H,3-12H2,(H,78,79)(H,80,81)(H,82,83)(H,84,85)(H2,50,67,74)(H2,51,55,59)(H2,52,56,60)(H2,53,57,61)(H2,54,58,62)(H2,75,76,77)/t21-,22-,23-,24-,25-,26+,27+,28+,29+,30+,32+,33+,34+,35+,36+/m0/s1. The molecule has 4 unspecified atom stereocenters. The second kappa shape index (κ2) is 28.9. The number of aliphatic hydroxyl groups is 1. The second-order valence-corrected chi connectivity index (χ2v) is 30.5. The molecule has 19 atom stereocenters. The van der Waals surface area contributed by atoms with E-state index in [4.69, 9.17) is 93.1 Å². The molecule has 9 aromatic heterocycles. The zero-order valence-electron chi connectivity index (χ0n) is 53.0. The van der Waals surface area contributed by atoms with E-state index in [9.17, 15) is 62.1 Å². The Morgan fingerprint density at radius 1 is 0.394 bits per heavy atom. The molecule has 17 N–H and O–H groups in total. The molecule has 0 aliphatic carbocycles. The molecular formula is C49H62N23O27P5. The van der Waals surface area contributed by atoms with Crippen molar-refractivity contribution in [3.63, 3.8) is 0 Å². The molecule has 50 nitrogen and oxygen atoms in total. The summed E-state index contributed by atoms with van der Waals surface area (Å²) < 4.78 is 155. The van der Waals surface area contributed by atoms with Crippen molar-refractivity contribution in [3.8, 4) is 0 Å². The molecule has 560 valence electrons. The van der Waals surface area contributed by atoms with Gasteiger partial charge in [0, 0.05) is 38.3 Å². The molecule has 14 rings (SSSR count). The predicted molar refractivity (Wildman–Crippen MR) is 341 cm³/mol. The van der Waals surface area contributed by atoms with Crippen LogP contribution in [0.4, 0.5) is 29.1 Å². The molecule has 5 fully saturated rings. The highest BCUT2D eigenvalue weighted by Gasteiger charge is 2.51. The lowest BCUT2D eigenvalue weighted by atomic mass is 10.2. The molecule has 5 saturated heterocycles. The summed E-state index contributed by atoms with van der Waals surface area (Å²) in [5.74, 6) is -0.165. The number of fused-ring (bicyclic) bond motifs is 4. The van der Waals surface area contributed by atoms with Crippen LogP contribution >= 0.6 is 39.1 Å². The van der Waals surface area contributed by atoms with Crippen LogP contribution in [-0.4, -0.2) is 216 Å². The number of imidazole rings is 4. The molecule has 9 aromatic rings. The van der Waals surface area contributed by atoms with Crippen molar-refractivity contribution in [1.29, 1.82) is 0 Å². The van der Waals surface area contributed by atoms with Gasteiger partial charge in [-0.3, -0.25) is 63.5 Å². The van der Waals surface area contributed by atoms with E-state index in [1.54, 1.807) is 0 Å². The van der Waals surface area contributed by atoms with Crippen molar-refractivity contribution in [3.05, 3.63) is 73.4 Å². The first-order valence-corrected chi connectivity index (χ1v) is 38.3. The molecule has 0 aromatic carbocycles. The number of phosphoric acid groups is 5. The maximum Gasteiger partial charge on any atom is 0.472 e. The van der Waals surface area contributed by atoms with Gasteiger partial charge >= 0.3 is 44.8 Å². The maximum absolute atomic E-state index is 14.4. The summed E-state index contributed by atoms with van der Waals surface area (Å²) in [7, 11) is -26.8. The summed E-state index contributed by atoms with van der Waals surface area (Å²) in [5, 5.41) is 10.3. The highest BCUT2D eigenvalue weighted by molar-refractivity contribution is 7.48. The third-order valence-corrected chi connectivity index (χ3v) is 21.6. The molecule has 55 heteroatoms. The number of hydrogen-bond donors (Lipinski definition) is 12. The van der Waals surface area contributed by atoms with Crippen molar-refractivity contribution in [2.24, 2.45) is 0 Å². The minimum absolute atomic E-state index is 0.0117. The van der Waals surface area contributed by atoms with Crippen molar-refractivity contribution in [1.82, 2.24) is 87.6 Å². The monoisotopic (exact) mass is 1560 g/mol. The van der Waals surface area contributed by atoms with Crippen LogP contribution in [0.5, 0.6) is 0 Å². The SMILES string of the molecule is Nc1ccn([C@H]2C[C@H](OP(=O)(O)O)[C@@H](COP(=O)(O)O[C@H]3C[C@H](n4cnc5c(N)ncnc54)O[C@@H]3COP(=O)(O)O[C@H]3C[C@H](n4cnc5c(N)ncnc54)O[C@@H]3COP(=O)(O)O[C@H]3C[C@H](n4cnc5c(N)ncnc54)O[C@@H]3COP(=O)(O)O[C@H]3C[C@H](n4cnc5c(N)ncnc54)O[C@@H]3CO)O2)c(=O)n1. The van der Waals surface area contributed by atoms with Crippen LogP contribution in [0.15, 0.2) is 67.7 Å². The Labute approximate surface area is 579 Å². The fraction of sp³-hybridized carbons (Fsp3) is 0.510. The number of aliphatic hydroxyl groups excluding tert-OH is 1. The number of rotatable bonds is 28. The van der Waals surface area contributed by atoms with Gasteiger partial charge in [-0.1, -0.05) is 0 Å². The molecule has 104 heavy (non-hydrogen) atoms. The highest BCUT2D eigenvalue weighted by atomic mass is 31.2. The summed E-state index contributed by atoms with van der Waals surface area (Å²) in [4.78, 5) is 131. The van der Waals surface area contributed by atoms with E-state index in [-0.39, 0.29) is 93.0 Å². The van der Waals surface area contributed by atoms with Crippen LogP contribution in [0.3, 0.4) is 0 Å². The lowest BCUT2D eigenvalue weighted by Crippen LogP contribution is -2.32. The van der Waals surface area contributed by atoms with E-state index in [1.165, 1.54) is 62.2 Å². The smallest absolute Gasteiger partial charge is 0.394 e. The molecule has 0 radical (unpaired) electrons. The Morgan fingerprint density at radius 3 is 0.942 bits per heavy atom. The molecule has 0 amide bonds. The van der Waals surface area contributed by atoms with Gasteiger partial charge in [-0.15, -0.1) is 0 Å². The Kier molecular flexibility index (Phi) is 20.4. The summed E-state index contributed by atoms with van der Waals surface area (Å²) in [6.07, 6.45) is -11.8. The second-order valence-electron chi connectivity index (χ2n) is 23.6.